The van der Waals surface area contributed by atoms with Crippen molar-refractivity contribution in [1.29, 1.82) is 0 Å². The van der Waals surface area contributed by atoms with Gasteiger partial charge in [-0.15, -0.1) is 0 Å². The molecule has 0 spiro atoms. The molecule has 0 saturated carbocycles. The Morgan fingerprint density at radius 3 is 1.21 bits per heavy atom. The molecule has 0 saturated heterocycles. The van der Waals surface area contributed by atoms with Crippen molar-refractivity contribution < 1.29 is 26.3 Å². The van der Waals surface area contributed by atoms with E-state index in [1.807, 2.05) is 55.5 Å². The van der Waals surface area contributed by atoms with E-state index >= 15 is 0 Å². The largest absolute Gasteiger partial charge is 0.416 e. The second-order valence-electron chi connectivity index (χ2n) is 19.6. The molecule has 0 bridgehead atoms. The molecular weight excluding hydrogens is 899 g/mol. The van der Waals surface area contributed by atoms with E-state index in [-0.39, 0.29) is 5.41 Å². The number of nitrogens with zero attached hydrogens (tertiary/aromatic N) is 2. The summed E-state index contributed by atoms with van der Waals surface area (Å²) in [5.74, 6) is 0. The van der Waals surface area contributed by atoms with Crippen molar-refractivity contribution in [3.05, 3.63) is 191 Å². The van der Waals surface area contributed by atoms with Gasteiger partial charge >= 0.3 is 12.4 Å². The van der Waals surface area contributed by atoms with Gasteiger partial charge in [0.25, 0.3) is 0 Å². The number of alkyl halides is 6. The number of rotatable bonds is 21. The zero-order valence-corrected chi connectivity index (χ0v) is 41.6. The SMILES string of the molecule is CCCCCCCCC1(CCCCCCCC)c2cc(C)ccc2-c2ccc(-c3ccc(N(c4ccc(N(c5ccc(C)cc5)c5cccc(C(F)(F)F)c5)cc4)c4cccc(C(F)(F)F)c4)cc3)cc21. The van der Waals surface area contributed by atoms with Gasteiger partial charge in [-0.2, -0.15) is 26.3 Å². The van der Waals surface area contributed by atoms with Crippen LogP contribution in [0.25, 0.3) is 22.3 Å². The predicted molar refractivity (Wildman–Crippen MR) is 283 cm³/mol. The lowest BCUT2D eigenvalue weighted by Gasteiger charge is -2.33. The summed E-state index contributed by atoms with van der Waals surface area (Å²) in [5.41, 5.74) is 11.3. The molecule has 1 aliphatic rings. The van der Waals surface area contributed by atoms with Gasteiger partial charge in [0.2, 0.25) is 0 Å². The Hall–Kier alpha value is -6.28. The number of anilines is 6. The van der Waals surface area contributed by atoms with Gasteiger partial charge in [0.15, 0.2) is 0 Å². The molecule has 8 heteroatoms. The van der Waals surface area contributed by atoms with Crippen LogP contribution >= 0.6 is 0 Å². The van der Waals surface area contributed by atoms with Crippen LogP contribution in [0.1, 0.15) is 137 Å². The van der Waals surface area contributed by atoms with E-state index in [1.165, 1.54) is 117 Å². The van der Waals surface area contributed by atoms with Crippen LogP contribution in [0.2, 0.25) is 0 Å². The van der Waals surface area contributed by atoms with Crippen molar-refractivity contribution >= 4 is 34.1 Å². The first-order valence-electron chi connectivity index (χ1n) is 25.7. The number of halogens is 6. The van der Waals surface area contributed by atoms with Gasteiger partial charge in [-0.25, -0.2) is 0 Å². The van der Waals surface area contributed by atoms with Gasteiger partial charge in [0.05, 0.1) is 11.1 Å². The molecule has 71 heavy (non-hydrogen) atoms. The fraction of sp³-hybridized carbons (Fsp3) is 0.333. The van der Waals surface area contributed by atoms with E-state index in [9.17, 15) is 26.3 Å². The maximum atomic E-state index is 14.3. The molecule has 0 radical (unpaired) electrons. The van der Waals surface area contributed by atoms with E-state index in [1.54, 1.807) is 46.2 Å². The summed E-state index contributed by atoms with van der Waals surface area (Å²) in [6, 6.07) is 47.1. The first-order chi connectivity index (χ1) is 34.2. The molecule has 7 aromatic rings. The Morgan fingerprint density at radius 2 is 0.746 bits per heavy atom. The first-order valence-corrected chi connectivity index (χ1v) is 25.7. The molecule has 0 aliphatic heterocycles. The van der Waals surface area contributed by atoms with E-state index < -0.39 is 23.5 Å². The maximum absolute atomic E-state index is 14.3. The highest BCUT2D eigenvalue weighted by Crippen LogP contribution is 2.55. The van der Waals surface area contributed by atoms with E-state index in [0.29, 0.717) is 34.1 Å². The molecule has 0 aromatic heterocycles. The minimum absolute atomic E-state index is 0.0925. The molecule has 1 aliphatic carbocycles. The van der Waals surface area contributed by atoms with Crippen molar-refractivity contribution in [3.63, 3.8) is 0 Å². The summed E-state index contributed by atoms with van der Waals surface area (Å²) in [6.45, 7) is 8.67. The van der Waals surface area contributed by atoms with Crippen molar-refractivity contribution in [2.45, 2.75) is 135 Å². The Balaban J connectivity index is 1.17. The Kier molecular flexibility index (Phi) is 16.1. The average molecular weight is 965 g/mol. The third-order valence-electron chi connectivity index (χ3n) is 14.4. The number of benzene rings is 7. The zero-order chi connectivity index (χ0) is 50.2. The minimum Gasteiger partial charge on any atom is -0.310 e. The molecule has 0 atom stereocenters. The number of hydrogen-bond acceptors (Lipinski definition) is 2. The van der Waals surface area contributed by atoms with Crippen molar-refractivity contribution in [1.82, 2.24) is 0 Å². The van der Waals surface area contributed by atoms with Crippen molar-refractivity contribution in [3.8, 4) is 22.3 Å². The third kappa shape index (κ3) is 11.8. The van der Waals surface area contributed by atoms with Crippen LogP contribution in [0.15, 0.2) is 158 Å². The van der Waals surface area contributed by atoms with Crippen molar-refractivity contribution in [2.24, 2.45) is 0 Å². The summed E-state index contributed by atoms with van der Waals surface area (Å²) in [4.78, 5) is 3.53. The molecule has 7 aromatic carbocycles. The smallest absolute Gasteiger partial charge is 0.310 e. The highest BCUT2D eigenvalue weighted by Gasteiger charge is 2.42. The summed E-state index contributed by atoms with van der Waals surface area (Å²) < 4.78 is 84.9. The van der Waals surface area contributed by atoms with Crippen LogP contribution in [0, 0.1) is 13.8 Å². The van der Waals surface area contributed by atoms with Gasteiger partial charge < -0.3 is 9.80 Å². The van der Waals surface area contributed by atoms with Crippen LogP contribution in [-0.2, 0) is 17.8 Å². The monoisotopic (exact) mass is 965 g/mol. The predicted octanol–water partition coefficient (Wildman–Crippen LogP) is 20.7. The number of fused-ring (bicyclic) bond motifs is 3. The summed E-state index contributed by atoms with van der Waals surface area (Å²) in [5, 5.41) is 0. The summed E-state index contributed by atoms with van der Waals surface area (Å²) in [7, 11) is 0. The van der Waals surface area contributed by atoms with Gasteiger partial charge in [0, 0.05) is 39.5 Å². The highest BCUT2D eigenvalue weighted by molar-refractivity contribution is 5.86. The zero-order valence-electron chi connectivity index (χ0n) is 41.6. The normalized spacial score (nSPS) is 13.0. The molecule has 0 fully saturated rings. The molecule has 8 rings (SSSR count). The Bertz CT molecular complexity index is 2830. The molecule has 0 N–H and O–H groups in total. The average Bonchev–Trinajstić information content (AvgIpc) is 3.62. The van der Waals surface area contributed by atoms with E-state index in [4.69, 9.17) is 0 Å². The minimum atomic E-state index is -4.57. The molecule has 2 nitrogen and oxygen atoms in total. The molecule has 370 valence electrons. The second-order valence-corrected chi connectivity index (χ2v) is 19.6. The van der Waals surface area contributed by atoms with Gasteiger partial charge in [0.1, 0.15) is 0 Å². The Labute approximate surface area is 417 Å². The first kappa shape index (κ1) is 51.1. The number of unbranched alkanes of at least 4 members (excludes halogenated alkanes) is 10. The number of aryl methyl sites for hydroxylation is 2. The van der Waals surface area contributed by atoms with Crippen LogP contribution in [0.3, 0.4) is 0 Å². The lowest BCUT2D eigenvalue weighted by molar-refractivity contribution is -0.138. The lowest BCUT2D eigenvalue weighted by atomic mass is 9.70. The van der Waals surface area contributed by atoms with Gasteiger partial charge in [-0.1, -0.05) is 169 Å². The topological polar surface area (TPSA) is 6.48 Å². The molecule has 0 unspecified atom stereocenters. The van der Waals surface area contributed by atoms with Gasteiger partial charge in [-0.05, 0) is 151 Å². The molecular formula is C63H66F6N2. The Morgan fingerprint density at radius 1 is 0.366 bits per heavy atom. The quantitative estimate of drug-likeness (QED) is 0.0523. The maximum Gasteiger partial charge on any atom is 0.416 e. The van der Waals surface area contributed by atoms with Crippen LogP contribution in [0.5, 0.6) is 0 Å². The summed E-state index contributed by atoms with van der Waals surface area (Å²) in [6.07, 6.45) is 7.97. The lowest BCUT2D eigenvalue weighted by Crippen LogP contribution is -2.25. The number of hydrogen-bond donors (Lipinski definition) is 0. The van der Waals surface area contributed by atoms with Crippen LogP contribution < -0.4 is 9.80 Å². The van der Waals surface area contributed by atoms with E-state index in [0.717, 1.165) is 53.8 Å². The molecule has 0 heterocycles. The standard InChI is InChI=1S/C63H66F6N2/c1-5-7-9-11-13-15-39-61(40-16-14-12-10-8-6-2)59-41-46(4)25-37-57(59)58-38-28-48(42-60(58)61)47-26-31-52(32-27-47)71(56-22-18-20-50(44-56)63(67,68)69)54-35-33-53(34-36-54)70(51-29-23-45(3)24-30-51)55-21-17-19-49(43-55)62(64,65)66/h17-38,41-44H,5-16,39-40H2,1-4H3. The highest BCUT2D eigenvalue weighted by atomic mass is 19.4. The molecule has 0 amide bonds. The fourth-order valence-corrected chi connectivity index (χ4v) is 10.7. The van der Waals surface area contributed by atoms with Crippen LogP contribution in [-0.4, -0.2) is 0 Å². The summed E-state index contributed by atoms with van der Waals surface area (Å²) >= 11 is 0. The third-order valence-corrected chi connectivity index (χ3v) is 14.4. The van der Waals surface area contributed by atoms with Gasteiger partial charge in [-0.3, -0.25) is 0 Å². The van der Waals surface area contributed by atoms with Crippen molar-refractivity contribution in [2.75, 3.05) is 9.80 Å². The fourth-order valence-electron chi connectivity index (χ4n) is 10.7. The second kappa shape index (κ2) is 22.4. The van der Waals surface area contributed by atoms with E-state index in [2.05, 4.69) is 57.2 Å². The van der Waals surface area contributed by atoms with Crippen LogP contribution in [0.4, 0.5) is 60.5 Å².